The lowest BCUT2D eigenvalue weighted by Crippen LogP contribution is -1.97. The standard InChI is InChI=1S/C13H8ClFN2O/c14-12-6-10(15)1-2-13(12)18-8-9-3-4-17-11(5-9)7-16/h1-6H,8H2. The minimum atomic E-state index is -0.414. The molecule has 0 aliphatic rings. The number of pyridine rings is 1. The first-order valence-electron chi connectivity index (χ1n) is 5.12. The molecule has 1 heterocycles. The van der Waals surface area contributed by atoms with E-state index >= 15 is 0 Å². The molecule has 5 heteroatoms. The first kappa shape index (κ1) is 12.3. The predicted molar refractivity (Wildman–Crippen MR) is 64.7 cm³/mol. The highest BCUT2D eigenvalue weighted by atomic mass is 35.5. The molecule has 1 aromatic heterocycles. The molecule has 0 spiro atoms. The highest BCUT2D eigenvalue weighted by molar-refractivity contribution is 6.32. The average molecular weight is 263 g/mol. The predicted octanol–water partition coefficient (Wildman–Crippen LogP) is 3.32. The number of nitrogens with zero attached hydrogens (tertiary/aromatic N) is 2. The fourth-order valence-corrected chi connectivity index (χ4v) is 1.60. The minimum absolute atomic E-state index is 0.213. The van der Waals surface area contributed by atoms with Crippen molar-refractivity contribution in [2.24, 2.45) is 0 Å². The normalized spacial score (nSPS) is 9.83. The van der Waals surface area contributed by atoms with Gasteiger partial charge in [-0.3, -0.25) is 0 Å². The van der Waals surface area contributed by atoms with Gasteiger partial charge in [0.2, 0.25) is 0 Å². The van der Waals surface area contributed by atoms with Crippen LogP contribution in [0.2, 0.25) is 5.02 Å². The van der Waals surface area contributed by atoms with E-state index in [1.54, 1.807) is 12.1 Å². The summed E-state index contributed by atoms with van der Waals surface area (Å²) in [7, 11) is 0. The van der Waals surface area contributed by atoms with E-state index in [9.17, 15) is 4.39 Å². The molecule has 1 aromatic carbocycles. The van der Waals surface area contributed by atoms with E-state index in [1.165, 1.54) is 24.4 Å². The van der Waals surface area contributed by atoms with Crippen LogP contribution in [0.15, 0.2) is 36.5 Å². The van der Waals surface area contributed by atoms with E-state index in [2.05, 4.69) is 4.98 Å². The van der Waals surface area contributed by atoms with Crippen LogP contribution in [0.4, 0.5) is 4.39 Å². The molecule has 0 saturated carbocycles. The van der Waals surface area contributed by atoms with Crippen molar-refractivity contribution in [3.05, 3.63) is 58.6 Å². The molecule has 0 radical (unpaired) electrons. The lowest BCUT2D eigenvalue weighted by Gasteiger charge is -2.07. The zero-order valence-electron chi connectivity index (χ0n) is 9.23. The summed E-state index contributed by atoms with van der Waals surface area (Å²) in [5, 5.41) is 8.92. The Labute approximate surface area is 108 Å². The first-order chi connectivity index (χ1) is 8.69. The van der Waals surface area contributed by atoms with Crippen LogP contribution >= 0.6 is 11.6 Å². The van der Waals surface area contributed by atoms with Gasteiger partial charge in [0.15, 0.2) is 0 Å². The van der Waals surface area contributed by atoms with Gasteiger partial charge in [-0.25, -0.2) is 9.37 Å². The Balaban J connectivity index is 2.09. The summed E-state index contributed by atoms with van der Waals surface area (Å²) < 4.78 is 18.3. The molecular formula is C13H8ClFN2O. The second-order valence-electron chi connectivity index (χ2n) is 3.52. The number of halogens is 2. The number of rotatable bonds is 3. The molecule has 90 valence electrons. The summed E-state index contributed by atoms with van der Waals surface area (Å²) in [6, 6.07) is 9.22. The Kier molecular flexibility index (Phi) is 3.75. The van der Waals surface area contributed by atoms with E-state index in [-0.39, 0.29) is 11.6 Å². The van der Waals surface area contributed by atoms with Crippen LogP contribution < -0.4 is 4.74 Å². The molecule has 0 amide bonds. The van der Waals surface area contributed by atoms with Crippen molar-refractivity contribution in [1.82, 2.24) is 4.98 Å². The molecule has 0 fully saturated rings. The fraction of sp³-hybridized carbons (Fsp3) is 0.0769. The Bertz CT molecular complexity index is 610. The maximum atomic E-state index is 12.8. The Morgan fingerprint density at radius 1 is 1.33 bits per heavy atom. The average Bonchev–Trinajstić information content (AvgIpc) is 2.38. The van der Waals surface area contributed by atoms with Crippen molar-refractivity contribution in [2.45, 2.75) is 6.61 Å². The second-order valence-corrected chi connectivity index (χ2v) is 3.93. The molecule has 0 unspecified atom stereocenters. The summed E-state index contributed by atoms with van der Waals surface area (Å²) >= 11 is 5.82. The summed E-state index contributed by atoms with van der Waals surface area (Å²) in [5.74, 6) is -0.0172. The quantitative estimate of drug-likeness (QED) is 0.852. The lowest BCUT2D eigenvalue weighted by molar-refractivity contribution is 0.306. The van der Waals surface area contributed by atoms with E-state index in [0.717, 1.165) is 5.56 Å². The maximum Gasteiger partial charge on any atom is 0.140 e. The molecule has 0 bridgehead atoms. The SMILES string of the molecule is N#Cc1cc(COc2ccc(F)cc2Cl)ccn1. The number of hydrogen-bond acceptors (Lipinski definition) is 3. The largest absolute Gasteiger partial charge is 0.487 e. The molecule has 2 rings (SSSR count). The third kappa shape index (κ3) is 2.96. The van der Waals surface area contributed by atoms with E-state index in [0.29, 0.717) is 11.4 Å². The lowest BCUT2D eigenvalue weighted by atomic mass is 10.2. The number of nitriles is 1. The summed E-state index contributed by atoms with van der Waals surface area (Å²) in [4.78, 5) is 3.85. The van der Waals surface area contributed by atoms with Gasteiger partial charge < -0.3 is 4.74 Å². The van der Waals surface area contributed by atoms with Gasteiger partial charge in [0.05, 0.1) is 5.02 Å². The summed E-state index contributed by atoms with van der Waals surface area (Å²) in [6.45, 7) is 0.239. The zero-order valence-corrected chi connectivity index (χ0v) is 9.99. The van der Waals surface area contributed by atoms with Crippen LogP contribution in [-0.4, -0.2) is 4.98 Å². The van der Waals surface area contributed by atoms with Gasteiger partial charge in [-0.2, -0.15) is 5.26 Å². The van der Waals surface area contributed by atoms with Crippen LogP contribution in [0.3, 0.4) is 0 Å². The summed E-state index contributed by atoms with van der Waals surface area (Å²) in [6.07, 6.45) is 1.53. The number of hydrogen-bond donors (Lipinski definition) is 0. The van der Waals surface area contributed by atoms with Gasteiger partial charge in [-0.15, -0.1) is 0 Å². The van der Waals surface area contributed by atoms with Gasteiger partial charge in [0.1, 0.15) is 29.9 Å². The number of benzene rings is 1. The molecular weight excluding hydrogens is 255 g/mol. The third-order valence-electron chi connectivity index (χ3n) is 2.23. The molecule has 18 heavy (non-hydrogen) atoms. The maximum absolute atomic E-state index is 12.8. The van der Waals surface area contributed by atoms with Gasteiger partial charge >= 0.3 is 0 Å². The van der Waals surface area contributed by atoms with Crippen LogP contribution in [-0.2, 0) is 6.61 Å². The van der Waals surface area contributed by atoms with Crippen molar-refractivity contribution >= 4 is 11.6 Å². The number of ether oxygens (including phenoxy) is 1. The molecule has 2 aromatic rings. The topological polar surface area (TPSA) is 45.9 Å². The second kappa shape index (κ2) is 5.48. The highest BCUT2D eigenvalue weighted by Crippen LogP contribution is 2.25. The Hall–Kier alpha value is -2.12. The van der Waals surface area contributed by atoms with E-state index < -0.39 is 5.82 Å². The minimum Gasteiger partial charge on any atom is -0.487 e. The van der Waals surface area contributed by atoms with Gasteiger partial charge in [-0.05, 0) is 35.9 Å². The molecule has 3 nitrogen and oxygen atoms in total. The molecule has 0 N–H and O–H groups in total. The Morgan fingerprint density at radius 3 is 2.89 bits per heavy atom. The van der Waals surface area contributed by atoms with Gasteiger partial charge in [0.25, 0.3) is 0 Å². The van der Waals surface area contributed by atoms with Crippen LogP contribution in [0.5, 0.6) is 5.75 Å². The third-order valence-corrected chi connectivity index (χ3v) is 2.52. The fourth-order valence-electron chi connectivity index (χ4n) is 1.38. The first-order valence-corrected chi connectivity index (χ1v) is 5.50. The number of aromatic nitrogens is 1. The van der Waals surface area contributed by atoms with Crippen LogP contribution in [0.1, 0.15) is 11.3 Å². The van der Waals surface area contributed by atoms with Crippen molar-refractivity contribution in [3.63, 3.8) is 0 Å². The molecule has 0 aliphatic carbocycles. The highest BCUT2D eigenvalue weighted by Gasteiger charge is 2.04. The van der Waals surface area contributed by atoms with E-state index in [1.807, 2.05) is 6.07 Å². The Morgan fingerprint density at radius 2 is 2.17 bits per heavy atom. The van der Waals surface area contributed by atoms with Crippen molar-refractivity contribution in [1.29, 1.82) is 5.26 Å². The van der Waals surface area contributed by atoms with Gasteiger partial charge in [0, 0.05) is 6.20 Å². The van der Waals surface area contributed by atoms with Crippen molar-refractivity contribution in [3.8, 4) is 11.8 Å². The van der Waals surface area contributed by atoms with Crippen molar-refractivity contribution < 1.29 is 9.13 Å². The van der Waals surface area contributed by atoms with E-state index in [4.69, 9.17) is 21.6 Å². The van der Waals surface area contributed by atoms with Crippen LogP contribution in [0, 0.1) is 17.1 Å². The van der Waals surface area contributed by atoms with Gasteiger partial charge in [-0.1, -0.05) is 11.6 Å². The molecule has 0 saturated heterocycles. The zero-order chi connectivity index (χ0) is 13.0. The molecule has 0 aliphatic heterocycles. The molecule has 0 atom stereocenters. The monoisotopic (exact) mass is 262 g/mol. The van der Waals surface area contributed by atoms with Crippen molar-refractivity contribution in [2.75, 3.05) is 0 Å². The van der Waals surface area contributed by atoms with Crippen LogP contribution in [0.25, 0.3) is 0 Å². The smallest absolute Gasteiger partial charge is 0.140 e. The summed E-state index contributed by atoms with van der Waals surface area (Å²) in [5.41, 5.74) is 1.11.